The third-order valence-electron chi connectivity index (χ3n) is 4.52. The number of carbonyl (C=O) groups excluding carboxylic acids is 2. The van der Waals surface area contributed by atoms with E-state index < -0.39 is 0 Å². The zero-order valence-electron chi connectivity index (χ0n) is 15.4. The van der Waals surface area contributed by atoms with E-state index in [-0.39, 0.29) is 23.8 Å². The normalized spacial score (nSPS) is 20.6. The molecule has 6 nitrogen and oxygen atoms in total. The van der Waals surface area contributed by atoms with Crippen LogP contribution in [0.5, 0.6) is 5.75 Å². The second-order valence-corrected chi connectivity index (χ2v) is 6.79. The second kappa shape index (κ2) is 7.11. The number of hydrogen-bond donors (Lipinski definition) is 0. The number of hydrogen-bond acceptors (Lipinski definition) is 4. The summed E-state index contributed by atoms with van der Waals surface area (Å²) in [7, 11) is 7.45. The van der Waals surface area contributed by atoms with E-state index in [0.717, 1.165) is 5.69 Å². The summed E-state index contributed by atoms with van der Waals surface area (Å²) in [5.41, 5.74) is 1.51. The first kappa shape index (κ1) is 18.1. The maximum Gasteiger partial charge on any atom is 0.257 e. The summed E-state index contributed by atoms with van der Waals surface area (Å²) < 4.78 is 6.16. The monoisotopic (exact) mass is 333 g/mol. The van der Waals surface area contributed by atoms with E-state index in [0.29, 0.717) is 24.4 Å². The fraction of sp³-hybridized carbons (Fsp3) is 0.556. The van der Waals surface area contributed by atoms with Crippen LogP contribution < -0.4 is 9.64 Å². The van der Waals surface area contributed by atoms with Gasteiger partial charge in [0.25, 0.3) is 5.91 Å². The molecule has 1 aromatic rings. The van der Waals surface area contributed by atoms with E-state index in [1.165, 1.54) is 0 Å². The molecule has 0 saturated carbocycles. The Morgan fingerprint density at radius 2 is 2.00 bits per heavy atom. The van der Waals surface area contributed by atoms with E-state index >= 15 is 0 Å². The Kier molecular flexibility index (Phi) is 5.36. The number of nitrogens with zero attached hydrogens (tertiary/aromatic N) is 3. The van der Waals surface area contributed by atoms with Crippen molar-refractivity contribution in [1.29, 1.82) is 0 Å². The van der Waals surface area contributed by atoms with Gasteiger partial charge in [0, 0.05) is 53.3 Å². The van der Waals surface area contributed by atoms with Gasteiger partial charge < -0.3 is 19.4 Å². The minimum atomic E-state index is -0.168. The molecule has 2 atom stereocenters. The molecule has 0 saturated heterocycles. The largest absolute Gasteiger partial charge is 0.487 e. The Balaban J connectivity index is 2.39. The predicted octanol–water partition coefficient (Wildman–Crippen LogP) is 1.70. The Morgan fingerprint density at radius 1 is 1.33 bits per heavy atom. The fourth-order valence-electron chi connectivity index (χ4n) is 2.80. The van der Waals surface area contributed by atoms with Gasteiger partial charge in [0.15, 0.2) is 0 Å². The van der Waals surface area contributed by atoms with Crippen molar-refractivity contribution >= 4 is 17.5 Å². The molecule has 1 aliphatic heterocycles. The first-order chi connectivity index (χ1) is 11.2. The summed E-state index contributed by atoms with van der Waals surface area (Å²) in [6.07, 6.45) is -0.168. The minimum Gasteiger partial charge on any atom is -0.487 e. The van der Waals surface area contributed by atoms with Crippen molar-refractivity contribution in [3.05, 3.63) is 23.8 Å². The van der Waals surface area contributed by atoms with Gasteiger partial charge in [-0.05, 0) is 18.2 Å². The van der Waals surface area contributed by atoms with Gasteiger partial charge in [-0.2, -0.15) is 0 Å². The number of benzene rings is 1. The zero-order chi connectivity index (χ0) is 18.0. The topological polar surface area (TPSA) is 53.1 Å². The summed E-state index contributed by atoms with van der Waals surface area (Å²) in [5, 5.41) is 0. The van der Waals surface area contributed by atoms with Crippen LogP contribution in [0.2, 0.25) is 0 Å². The highest BCUT2D eigenvalue weighted by atomic mass is 16.5. The minimum absolute atomic E-state index is 0.000435. The molecule has 0 aromatic heterocycles. The number of rotatable bonds is 3. The lowest BCUT2D eigenvalue weighted by atomic mass is 10.0. The summed E-state index contributed by atoms with van der Waals surface area (Å²) in [6.45, 7) is 4.66. The van der Waals surface area contributed by atoms with Crippen molar-refractivity contribution in [1.82, 2.24) is 9.80 Å². The predicted molar refractivity (Wildman–Crippen MR) is 94.6 cm³/mol. The van der Waals surface area contributed by atoms with Crippen molar-refractivity contribution in [3.63, 3.8) is 0 Å². The van der Waals surface area contributed by atoms with Gasteiger partial charge in [-0.1, -0.05) is 6.92 Å². The lowest BCUT2D eigenvalue weighted by Crippen LogP contribution is -2.45. The summed E-state index contributed by atoms with van der Waals surface area (Å²) in [5.74, 6) is 0.646. The second-order valence-electron chi connectivity index (χ2n) is 6.79. The molecule has 0 bridgehead atoms. The lowest BCUT2D eigenvalue weighted by Gasteiger charge is -2.34. The van der Waals surface area contributed by atoms with Crippen LogP contribution in [0.3, 0.4) is 0 Å². The molecule has 132 valence electrons. The molecule has 0 aliphatic carbocycles. The lowest BCUT2D eigenvalue weighted by molar-refractivity contribution is -0.129. The van der Waals surface area contributed by atoms with Gasteiger partial charge in [0.2, 0.25) is 5.91 Å². The average molecular weight is 333 g/mol. The molecule has 2 amide bonds. The van der Waals surface area contributed by atoms with Crippen LogP contribution in [0.25, 0.3) is 0 Å². The zero-order valence-corrected chi connectivity index (χ0v) is 15.4. The standard InChI is InChI=1S/C18H27N3O3/c1-12-10-21(6)18(23)15-9-14(19(3)4)7-8-16(15)24-17(12)11-20(5)13(2)22/h7-9,12,17H,10-11H2,1-6H3/t12-,17-/m1/s1. The maximum atomic E-state index is 12.7. The molecule has 0 radical (unpaired) electrons. The van der Waals surface area contributed by atoms with Crippen molar-refractivity contribution < 1.29 is 14.3 Å². The highest BCUT2D eigenvalue weighted by molar-refractivity contribution is 5.98. The van der Waals surface area contributed by atoms with E-state index in [4.69, 9.17) is 4.74 Å². The van der Waals surface area contributed by atoms with Crippen LogP contribution in [0.1, 0.15) is 24.2 Å². The summed E-state index contributed by atoms with van der Waals surface area (Å²) in [6, 6.07) is 5.63. The summed E-state index contributed by atoms with van der Waals surface area (Å²) in [4.78, 5) is 29.6. The first-order valence-corrected chi connectivity index (χ1v) is 8.16. The number of amides is 2. The van der Waals surface area contributed by atoms with Gasteiger partial charge in [-0.15, -0.1) is 0 Å². The van der Waals surface area contributed by atoms with E-state index in [1.807, 2.05) is 51.2 Å². The van der Waals surface area contributed by atoms with Crippen LogP contribution in [-0.2, 0) is 4.79 Å². The van der Waals surface area contributed by atoms with Gasteiger partial charge in [-0.3, -0.25) is 9.59 Å². The van der Waals surface area contributed by atoms with Crippen LogP contribution >= 0.6 is 0 Å². The molecular formula is C18H27N3O3. The van der Waals surface area contributed by atoms with Crippen molar-refractivity contribution in [2.45, 2.75) is 20.0 Å². The van der Waals surface area contributed by atoms with Gasteiger partial charge in [0.05, 0.1) is 12.1 Å². The molecule has 1 aromatic carbocycles. The van der Waals surface area contributed by atoms with Crippen LogP contribution in [0, 0.1) is 5.92 Å². The molecule has 1 aliphatic rings. The number of fused-ring (bicyclic) bond motifs is 1. The van der Waals surface area contributed by atoms with Gasteiger partial charge >= 0.3 is 0 Å². The Hall–Kier alpha value is -2.24. The fourth-order valence-corrected chi connectivity index (χ4v) is 2.80. The molecular weight excluding hydrogens is 306 g/mol. The Bertz CT molecular complexity index is 630. The highest BCUT2D eigenvalue weighted by Crippen LogP contribution is 2.30. The maximum absolute atomic E-state index is 12.7. The molecule has 1 heterocycles. The van der Waals surface area contributed by atoms with Gasteiger partial charge in [0.1, 0.15) is 11.9 Å². The number of carbonyl (C=O) groups is 2. The third-order valence-corrected chi connectivity index (χ3v) is 4.52. The van der Waals surface area contributed by atoms with Crippen molar-refractivity contribution in [3.8, 4) is 5.75 Å². The van der Waals surface area contributed by atoms with Crippen molar-refractivity contribution in [2.75, 3.05) is 46.2 Å². The van der Waals surface area contributed by atoms with Crippen LogP contribution in [-0.4, -0.2) is 69.0 Å². The van der Waals surface area contributed by atoms with E-state index in [1.54, 1.807) is 23.8 Å². The van der Waals surface area contributed by atoms with E-state index in [2.05, 4.69) is 0 Å². The Morgan fingerprint density at radius 3 is 2.58 bits per heavy atom. The molecule has 0 fully saturated rings. The smallest absolute Gasteiger partial charge is 0.257 e. The third kappa shape index (κ3) is 3.80. The quantitative estimate of drug-likeness (QED) is 0.845. The number of ether oxygens (including phenoxy) is 1. The molecule has 0 unspecified atom stereocenters. The molecule has 2 rings (SSSR count). The Labute approximate surface area is 144 Å². The number of likely N-dealkylation sites (N-methyl/N-ethyl adjacent to an activating group) is 1. The van der Waals surface area contributed by atoms with Crippen molar-refractivity contribution in [2.24, 2.45) is 5.92 Å². The van der Waals surface area contributed by atoms with Crippen LogP contribution in [0.4, 0.5) is 5.69 Å². The van der Waals surface area contributed by atoms with E-state index in [9.17, 15) is 9.59 Å². The SMILES string of the molecule is CC(=O)N(C)C[C@H]1Oc2ccc(N(C)C)cc2C(=O)N(C)C[C@H]1C. The molecule has 0 N–H and O–H groups in total. The average Bonchev–Trinajstić information content (AvgIpc) is 2.52. The molecule has 6 heteroatoms. The molecule has 24 heavy (non-hydrogen) atoms. The number of anilines is 1. The van der Waals surface area contributed by atoms with Crippen LogP contribution in [0.15, 0.2) is 18.2 Å². The highest BCUT2D eigenvalue weighted by Gasteiger charge is 2.30. The van der Waals surface area contributed by atoms with Gasteiger partial charge in [-0.25, -0.2) is 0 Å². The first-order valence-electron chi connectivity index (χ1n) is 8.16. The molecule has 0 spiro atoms. The summed E-state index contributed by atoms with van der Waals surface area (Å²) >= 11 is 0.